The maximum Gasteiger partial charge on any atom is 0.124 e. The fraction of sp³-hybridized carbons (Fsp3) is 0.188. The molecular weight excluding hydrogens is 270 g/mol. The number of fused-ring (bicyclic) bond motifs is 1. The summed E-state index contributed by atoms with van der Waals surface area (Å²) in [7, 11) is 1.61. The number of aliphatic hydroxyl groups is 1. The van der Waals surface area contributed by atoms with Crippen LogP contribution in [-0.4, -0.2) is 17.2 Å². The van der Waals surface area contributed by atoms with E-state index in [0.717, 1.165) is 20.8 Å². The van der Waals surface area contributed by atoms with Crippen LogP contribution in [0.2, 0.25) is 0 Å². The molecule has 4 heteroatoms. The number of ether oxygens (including phenoxy) is 1. The van der Waals surface area contributed by atoms with Gasteiger partial charge in [0, 0.05) is 12.0 Å². The topological polar surface area (TPSA) is 42.4 Å². The molecule has 0 aliphatic rings. The van der Waals surface area contributed by atoms with Crippen LogP contribution in [0.1, 0.15) is 16.7 Å². The Hall–Kier alpha value is -1.91. The van der Waals surface area contributed by atoms with Crippen molar-refractivity contribution in [2.45, 2.75) is 12.5 Å². The quantitative estimate of drug-likeness (QED) is 0.796. The second-order valence-corrected chi connectivity index (χ2v) is 5.65. The molecule has 0 spiro atoms. The highest BCUT2D eigenvalue weighted by atomic mass is 32.1. The SMILES string of the molecule is COc1ccccc1C(O)Cc1nc2ccccc2s1. The number of benzene rings is 2. The van der Waals surface area contributed by atoms with Crippen molar-refractivity contribution < 1.29 is 9.84 Å². The molecule has 1 atom stereocenters. The Balaban J connectivity index is 1.86. The zero-order valence-electron chi connectivity index (χ0n) is 11.1. The third-order valence-corrected chi connectivity index (χ3v) is 4.26. The molecule has 0 saturated heterocycles. The van der Waals surface area contributed by atoms with Gasteiger partial charge in [0.2, 0.25) is 0 Å². The molecule has 1 N–H and O–H groups in total. The zero-order chi connectivity index (χ0) is 13.9. The van der Waals surface area contributed by atoms with E-state index in [9.17, 15) is 5.11 Å². The maximum atomic E-state index is 10.4. The van der Waals surface area contributed by atoms with Gasteiger partial charge in [-0.1, -0.05) is 30.3 Å². The molecular formula is C16H15NO2S. The fourth-order valence-corrected chi connectivity index (χ4v) is 3.23. The lowest BCUT2D eigenvalue weighted by molar-refractivity contribution is 0.174. The Morgan fingerprint density at radius 3 is 2.70 bits per heavy atom. The van der Waals surface area contributed by atoms with Gasteiger partial charge in [0.25, 0.3) is 0 Å². The Morgan fingerprint density at radius 2 is 1.90 bits per heavy atom. The standard InChI is InChI=1S/C16H15NO2S/c1-19-14-8-4-2-6-11(14)13(18)10-16-17-12-7-3-5-9-15(12)20-16/h2-9,13,18H,10H2,1H3. The molecule has 3 nitrogen and oxygen atoms in total. The Bertz CT molecular complexity index is 690. The number of aliphatic hydroxyl groups excluding tert-OH is 1. The van der Waals surface area contributed by atoms with Gasteiger partial charge < -0.3 is 9.84 Å². The molecule has 3 aromatic rings. The summed E-state index contributed by atoms with van der Waals surface area (Å²) in [4.78, 5) is 4.55. The molecule has 0 fully saturated rings. The molecule has 1 heterocycles. The molecule has 1 aromatic heterocycles. The summed E-state index contributed by atoms with van der Waals surface area (Å²) in [6.45, 7) is 0. The van der Waals surface area contributed by atoms with Crippen LogP contribution < -0.4 is 4.74 Å². The van der Waals surface area contributed by atoms with E-state index in [1.807, 2.05) is 48.5 Å². The van der Waals surface area contributed by atoms with Crippen LogP contribution in [0.4, 0.5) is 0 Å². The van der Waals surface area contributed by atoms with Crippen molar-refractivity contribution >= 4 is 21.6 Å². The van der Waals surface area contributed by atoms with Crippen molar-refractivity contribution in [3.05, 3.63) is 59.1 Å². The summed E-state index contributed by atoms with van der Waals surface area (Å²) >= 11 is 1.62. The summed E-state index contributed by atoms with van der Waals surface area (Å²) in [6.07, 6.45) is -0.105. The van der Waals surface area contributed by atoms with Gasteiger partial charge >= 0.3 is 0 Å². The van der Waals surface area contributed by atoms with E-state index in [1.165, 1.54) is 0 Å². The van der Waals surface area contributed by atoms with Gasteiger partial charge in [0.1, 0.15) is 5.75 Å². The van der Waals surface area contributed by atoms with E-state index in [0.29, 0.717) is 12.2 Å². The lowest BCUT2D eigenvalue weighted by atomic mass is 10.1. The van der Waals surface area contributed by atoms with Crippen molar-refractivity contribution in [1.29, 1.82) is 0 Å². The normalized spacial score (nSPS) is 12.5. The average Bonchev–Trinajstić information content (AvgIpc) is 2.89. The molecule has 0 bridgehead atoms. The number of methoxy groups -OCH3 is 1. The van der Waals surface area contributed by atoms with Crippen molar-refractivity contribution in [3.63, 3.8) is 0 Å². The lowest BCUT2D eigenvalue weighted by Crippen LogP contribution is -2.03. The van der Waals surface area contributed by atoms with Crippen LogP contribution in [0, 0.1) is 0 Å². The number of para-hydroxylation sites is 2. The first kappa shape index (κ1) is 13.1. The highest BCUT2D eigenvalue weighted by Gasteiger charge is 2.15. The average molecular weight is 285 g/mol. The van der Waals surface area contributed by atoms with Crippen LogP contribution in [0.25, 0.3) is 10.2 Å². The first-order chi connectivity index (χ1) is 9.78. The van der Waals surface area contributed by atoms with E-state index in [2.05, 4.69) is 4.98 Å². The second-order valence-electron chi connectivity index (χ2n) is 4.54. The zero-order valence-corrected chi connectivity index (χ0v) is 11.9. The summed E-state index contributed by atoms with van der Waals surface area (Å²) in [5, 5.41) is 11.3. The van der Waals surface area contributed by atoms with Gasteiger partial charge in [0.05, 0.1) is 28.4 Å². The first-order valence-electron chi connectivity index (χ1n) is 6.43. The van der Waals surface area contributed by atoms with Gasteiger partial charge in [-0.2, -0.15) is 0 Å². The van der Waals surface area contributed by atoms with E-state index in [4.69, 9.17) is 4.74 Å². The molecule has 0 aliphatic heterocycles. The van der Waals surface area contributed by atoms with Gasteiger partial charge in [-0.05, 0) is 18.2 Å². The van der Waals surface area contributed by atoms with Gasteiger partial charge in [-0.3, -0.25) is 0 Å². The Labute approximate surface area is 121 Å². The number of nitrogens with zero attached hydrogens (tertiary/aromatic N) is 1. The van der Waals surface area contributed by atoms with Crippen molar-refractivity contribution in [3.8, 4) is 5.75 Å². The molecule has 0 amide bonds. The number of thiazole rings is 1. The minimum absolute atomic E-state index is 0.500. The van der Waals surface area contributed by atoms with Gasteiger partial charge in [-0.25, -0.2) is 4.98 Å². The van der Waals surface area contributed by atoms with E-state index >= 15 is 0 Å². The highest BCUT2D eigenvalue weighted by Crippen LogP contribution is 2.30. The van der Waals surface area contributed by atoms with E-state index < -0.39 is 6.10 Å². The van der Waals surface area contributed by atoms with Crippen molar-refractivity contribution in [2.24, 2.45) is 0 Å². The predicted molar refractivity (Wildman–Crippen MR) is 81.3 cm³/mol. The van der Waals surface area contributed by atoms with Crippen molar-refractivity contribution in [1.82, 2.24) is 4.98 Å². The first-order valence-corrected chi connectivity index (χ1v) is 7.25. The molecule has 20 heavy (non-hydrogen) atoms. The number of hydrogen-bond donors (Lipinski definition) is 1. The van der Waals surface area contributed by atoms with Gasteiger partial charge in [0.15, 0.2) is 0 Å². The van der Waals surface area contributed by atoms with E-state index in [-0.39, 0.29) is 0 Å². The lowest BCUT2D eigenvalue weighted by Gasteiger charge is -2.13. The second kappa shape index (κ2) is 5.61. The summed E-state index contributed by atoms with van der Waals surface area (Å²) in [6, 6.07) is 15.6. The van der Waals surface area contributed by atoms with Crippen LogP contribution in [-0.2, 0) is 6.42 Å². The Morgan fingerprint density at radius 1 is 1.15 bits per heavy atom. The minimum Gasteiger partial charge on any atom is -0.496 e. The smallest absolute Gasteiger partial charge is 0.124 e. The summed E-state index contributed by atoms with van der Waals surface area (Å²) in [5.74, 6) is 0.709. The number of aromatic nitrogens is 1. The third kappa shape index (κ3) is 2.53. The molecule has 1 unspecified atom stereocenters. The highest BCUT2D eigenvalue weighted by molar-refractivity contribution is 7.18. The molecule has 0 aliphatic carbocycles. The number of rotatable bonds is 4. The van der Waals surface area contributed by atoms with Gasteiger partial charge in [-0.15, -0.1) is 11.3 Å². The summed E-state index contributed by atoms with van der Waals surface area (Å²) in [5.41, 5.74) is 1.79. The molecule has 102 valence electrons. The third-order valence-electron chi connectivity index (χ3n) is 3.20. The monoisotopic (exact) mass is 285 g/mol. The van der Waals surface area contributed by atoms with Crippen LogP contribution >= 0.6 is 11.3 Å². The van der Waals surface area contributed by atoms with Crippen LogP contribution in [0.3, 0.4) is 0 Å². The summed E-state index contributed by atoms with van der Waals surface area (Å²) < 4.78 is 6.43. The predicted octanol–water partition coefficient (Wildman–Crippen LogP) is 3.58. The van der Waals surface area contributed by atoms with Crippen LogP contribution in [0.15, 0.2) is 48.5 Å². The molecule has 0 saturated carbocycles. The Kier molecular flexibility index (Phi) is 3.67. The molecule has 0 radical (unpaired) electrons. The largest absolute Gasteiger partial charge is 0.496 e. The van der Waals surface area contributed by atoms with Crippen LogP contribution in [0.5, 0.6) is 5.75 Å². The van der Waals surface area contributed by atoms with Crippen molar-refractivity contribution in [2.75, 3.05) is 7.11 Å². The fourth-order valence-electron chi connectivity index (χ4n) is 2.22. The molecule has 2 aromatic carbocycles. The van der Waals surface area contributed by atoms with E-state index in [1.54, 1.807) is 18.4 Å². The number of hydrogen-bond acceptors (Lipinski definition) is 4. The molecule has 3 rings (SSSR count). The minimum atomic E-state index is -0.605. The maximum absolute atomic E-state index is 10.4.